The molecule has 9 nitrogen and oxygen atoms in total. The number of ether oxygens (including phenoxy) is 1. The van der Waals surface area contributed by atoms with Gasteiger partial charge in [-0.1, -0.05) is 27.7 Å². The lowest BCUT2D eigenvalue weighted by Gasteiger charge is -2.58. The molecule has 2 aliphatic rings. The molecule has 0 aliphatic heterocycles. The van der Waals surface area contributed by atoms with Gasteiger partial charge in [0.15, 0.2) is 5.13 Å². The summed E-state index contributed by atoms with van der Waals surface area (Å²) >= 11 is 1.38. The monoisotopic (exact) mass is 511 g/mol. The van der Waals surface area contributed by atoms with Crippen LogP contribution in [0.25, 0.3) is 0 Å². The second-order valence-corrected chi connectivity index (χ2v) is 12.2. The summed E-state index contributed by atoms with van der Waals surface area (Å²) in [5, 5.41) is 37.2. The Morgan fingerprint density at radius 3 is 2.57 bits per heavy atom. The van der Waals surface area contributed by atoms with Crippen LogP contribution in [0.5, 0.6) is 0 Å². The molecule has 198 valence electrons. The summed E-state index contributed by atoms with van der Waals surface area (Å²) in [6, 6.07) is -0.315. The molecule has 1 fully saturated rings. The lowest BCUT2D eigenvalue weighted by molar-refractivity contribution is -0.144. The molecule has 1 aromatic heterocycles. The largest absolute Gasteiger partial charge is 0.396 e. The Labute approximate surface area is 211 Å². The molecule has 10 heteroatoms. The van der Waals surface area contributed by atoms with E-state index in [1.807, 2.05) is 20.8 Å². The van der Waals surface area contributed by atoms with Crippen molar-refractivity contribution in [2.24, 2.45) is 22.7 Å². The summed E-state index contributed by atoms with van der Waals surface area (Å²) < 4.78 is 4.91. The maximum Gasteiger partial charge on any atom is 0.252 e. The van der Waals surface area contributed by atoms with Crippen LogP contribution < -0.4 is 10.6 Å². The van der Waals surface area contributed by atoms with Gasteiger partial charge in [0, 0.05) is 29.7 Å². The van der Waals surface area contributed by atoms with Gasteiger partial charge in [-0.05, 0) is 42.9 Å². The molecular formula is C25H41N3O6S. The van der Waals surface area contributed by atoms with Crippen LogP contribution >= 0.6 is 11.3 Å². The van der Waals surface area contributed by atoms with Gasteiger partial charge in [0.05, 0.1) is 31.1 Å². The summed E-state index contributed by atoms with van der Waals surface area (Å²) in [7, 11) is 1.45. The van der Waals surface area contributed by atoms with E-state index in [0.717, 1.165) is 10.6 Å². The number of fused-ring (bicyclic) bond motifs is 2. The quantitative estimate of drug-likeness (QED) is 0.324. The van der Waals surface area contributed by atoms with E-state index in [9.17, 15) is 24.9 Å². The van der Waals surface area contributed by atoms with Gasteiger partial charge in [0.25, 0.3) is 5.91 Å². The number of carbonyl (C=O) groups is 2. The molecule has 6 unspecified atom stereocenters. The number of amides is 2. The van der Waals surface area contributed by atoms with Crippen molar-refractivity contribution in [3.05, 3.63) is 10.6 Å². The molecule has 5 N–H and O–H groups in total. The van der Waals surface area contributed by atoms with E-state index >= 15 is 0 Å². The summed E-state index contributed by atoms with van der Waals surface area (Å²) in [6.07, 6.45) is 2.07. The van der Waals surface area contributed by atoms with E-state index in [2.05, 4.69) is 17.6 Å². The van der Waals surface area contributed by atoms with E-state index in [-0.39, 0.29) is 61.3 Å². The zero-order chi connectivity index (χ0) is 26.0. The standard InChI is InChI=1S/C25H41N3O6S/c1-14(2)8-15(11-29)26-20(32)9-16-22-17(35-23(28-22)27-21(33)12-34-5)10-18-24(16,3)7-6-19(31)25(18,4)13-30/h14-16,18-19,29-31H,6-13H2,1-5H3,(H,26,32)(H,27,28,33). The van der Waals surface area contributed by atoms with E-state index in [4.69, 9.17) is 9.72 Å². The lowest BCUT2D eigenvalue weighted by Crippen LogP contribution is -2.58. The molecule has 35 heavy (non-hydrogen) atoms. The van der Waals surface area contributed by atoms with Gasteiger partial charge in [0.1, 0.15) is 6.61 Å². The van der Waals surface area contributed by atoms with Crippen molar-refractivity contribution in [1.29, 1.82) is 0 Å². The average molecular weight is 512 g/mol. The summed E-state index contributed by atoms with van der Waals surface area (Å²) in [5.74, 6) is -0.444. The van der Waals surface area contributed by atoms with E-state index < -0.39 is 11.5 Å². The number of aliphatic hydroxyl groups excluding tert-OH is 3. The molecule has 0 spiro atoms. The lowest BCUT2D eigenvalue weighted by atomic mass is 9.47. The highest BCUT2D eigenvalue weighted by atomic mass is 32.1. The van der Waals surface area contributed by atoms with Crippen LogP contribution in [0.4, 0.5) is 5.13 Å². The Morgan fingerprint density at radius 1 is 1.26 bits per heavy atom. The third-order valence-electron chi connectivity index (χ3n) is 8.15. The molecule has 0 bridgehead atoms. The number of thiazole rings is 1. The molecule has 1 aromatic rings. The fraction of sp³-hybridized carbons (Fsp3) is 0.800. The fourth-order valence-corrected chi connectivity index (χ4v) is 7.29. The van der Waals surface area contributed by atoms with Crippen molar-refractivity contribution in [1.82, 2.24) is 10.3 Å². The number of aromatic nitrogens is 1. The van der Waals surface area contributed by atoms with Gasteiger partial charge in [-0.3, -0.25) is 14.9 Å². The first kappa shape index (κ1) is 28.0. The number of aliphatic hydroxyl groups is 3. The first-order valence-corrected chi connectivity index (χ1v) is 13.3. The molecule has 0 aromatic carbocycles. The summed E-state index contributed by atoms with van der Waals surface area (Å²) in [4.78, 5) is 31.1. The second kappa shape index (κ2) is 11.2. The second-order valence-electron chi connectivity index (χ2n) is 11.1. The van der Waals surface area contributed by atoms with Crippen LogP contribution in [-0.4, -0.2) is 71.2 Å². The Hall–Kier alpha value is -1.59. The predicted molar refractivity (Wildman–Crippen MR) is 134 cm³/mol. The third kappa shape index (κ3) is 5.72. The van der Waals surface area contributed by atoms with Crippen molar-refractivity contribution in [3.8, 4) is 0 Å². The molecule has 1 saturated carbocycles. The minimum absolute atomic E-state index is 0.0682. The molecule has 3 rings (SSSR count). The highest BCUT2D eigenvalue weighted by Crippen LogP contribution is 2.62. The maximum atomic E-state index is 13.2. The van der Waals surface area contributed by atoms with Crippen LogP contribution in [0.3, 0.4) is 0 Å². The minimum atomic E-state index is -0.714. The smallest absolute Gasteiger partial charge is 0.252 e. The maximum absolute atomic E-state index is 13.2. The van der Waals surface area contributed by atoms with Crippen LogP contribution in [-0.2, 0) is 20.7 Å². The Balaban J connectivity index is 1.96. The Kier molecular flexibility index (Phi) is 8.96. The highest BCUT2D eigenvalue weighted by Gasteiger charge is 2.59. The van der Waals surface area contributed by atoms with Crippen LogP contribution in [0.1, 0.15) is 69.9 Å². The average Bonchev–Trinajstić information content (AvgIpc) is 3.19. The molecule has 2 amide bonds. The number of nitrogens with one attached hydrogen (secondary N) is 2. The van der Waals surface area contributed by atoms with E-state index in [1.165, 1.54) is 18.4 Å². The number of anilines is 1. The number of methoxy groups -OCH3 is 1. The van der Waals surface area contributed by atoms with Crippen molar-refractivity contribution in [2.45, 2.75) is 77.9 Å². The van der Waals surface area contributed by atoms with Gasteiger partial charge in [-0.25, -0.2) is 4.98 Å². The third-order valence-corrected chi connectivity index (χ3v) is 9.16. The van der Waals surface area contributed by atoms with Crippen LogP contribution in [0, 0.1) is 22.7 Å². The Bertz CT molecular complexity index is 908. The molecule has 1 heterocycles. The summed E-state index contributed by atoms with van der Waals surface area (Å²) in [6.45, 7) is 7.80. The van der Waals surface area contributed by atoms with Gasteiger partial charge >= 0.3 is 0 Å². The predicted octanol–water partition coefficient (Wildman–Crippen LogP) is 2.06. The SMILES string of the molecule is COCC(=O)Nc1nc2c(s1)CC1C(C)(CO)C(O)CCC1(C)C2CC(=O)NC(CO)CC(C)C. The van der Waals surface area contributed by atoms with E-state index in [0.29, 0.717) is 36.7 Å². The van der Waals surface area contributed by atoms with Crippen LogP contribution in [0.2, 0.25) is 0 Å². The topological polar surface area (TPSA) is 141 Å². The van der Waals surface area contributed by atoms with Crippen molar-refractivity contribution in [3.63, 3.8) is 0 Å². The molecule has 6 atom stereocenters. The number of nitrogens with zero attached hydrogens (tertiary/aromatic N) is 1. The molecule has 2 aliphatic carbocycles. The Morgan fingerprint density at radius 2 is 1.97 bits per heavy atom. The number of hydrogen-bond acceptors (Lipinski definition) is 8. The van der Waals surface area contributed by atoms with Crippen molar-refractivity contribution >= 4 is 28.3 Å². The highest BCUT2D eigenvalue weighted by molar-refractivity contribution is 7.15. The van der Waals surface area contributed by atoms with Crippen LogP contribution in [0.15, 0.2) is 0 Å². The van der Waals surface area contributed by atoms with E-state index in [1.54, 1.807) is 0 Å². The fourth-order valence-electron chi connectivity index (χ4n) is 6.21. The van der Waals surface area contributed by atoms with Crippen molar-refractivity contribution < 1.29 is 29.6 Å². The molecule has 0 radical (unpaired) electrons. The number of carbonyl (C=O) groups excluding carboxylic acids is 2. The first-order valence-electron chi connectivity index (χ1n) is 12.5. The van der Waals surface area contributed by atoms with Gasteiger partial charge in [-0.2, -0.15) is 0 Å². The zero-order valence-corrected chi connectivity index (χ0v) is 22.3. The summed E-state index contributed by atoms with van der Waals surface area (Å²) in [5.41, 5.74) is -0.290. The zero-order valence-electron chi connectivity index (χ0n) is 21.5. The first-order chi connectivity index (χ1) is 16.5. The minimum Gasteiger partial charge on any atom is -0.396 e. The van der Waals surface area contributed by atoms with Gasteiger partial charge < -0.3 is 25.4 Å². The molecule has 0 saturated heterocycles. The van der Waals surface area contributed by atoms with Crippen molar-refractivity contribution in [2.75, 3.05) is 32.2 Å². The number of hydrogen-bond donors (Lipinski definition) is 5. The van der Waals surface area contributed by atoms with Gasteiger partial charge in [0.2, 0.25) is 5.91 Å². The normalized spacial score (nSPS) is 30.9. The number of rotatable bonds is 10. The molecular weight excluding hydrogens is 470 g/mol. The van der Waals surface area contributed by atoms with Gasteiger partial charge in [-0.15, -0.1) is 11.3 Å².